The minimum atomic E-state index is 0.656. The zero-order chi connectivity index (χ0) is 9.38. The molecule has 2 heterocycles. The van der Waals surface area contributed by atoms with Gasteiger partial charge in [0.2, 0.25) is 0 Å². The highest BCUT2D eigenvalue weighted by Crippen LogP contribution is 2.17. The summed E-state index contributed by atoms with van der Waals surface area (Å²) in [5.74, 6) is 0.976. The summed E-state index contributed by atoms with van der Waals surface area (Å²) in [6.45, 7) is 0.656. The number of aliphatic imine (C=N–C) groups is 1. The van der Waals surface area contributed by atoms with Gasteiger partial charge in [-0.25, -0.2) is 4.98 Å². The van der Waals surface area contributed by atoms with Crippen molar-refractivity contribution in [2.45, 2.75) is 6.67 Å². The van der Waals surface area contributed by atoms with Gasteiger partial charge < -0.3 is 4.57 Å². The second kappa shape index (κ2) is 2.80. The minimum absolute atomic E-state index is 0.656. The Kier molecular flexibility index (Phi) is 1.50. The van der Waals surface area contributed by atoms with Crippen LogP contribution in [0.4, 0.5) is 0 Å². The van der Waals surface area contributed by atoms with Crippen molar-refractivity contribution >= 4 is 23.3 Å². The molecule has 0 spiro atoms. The molecule has 0 amide bonds. The molecular weight excluding hydrogens is 174 g/mol. The van der Waals surface area contributed by atoms with Crippen molar-refractivity contribution in [2.75, 3.05) is 0 Å². The van der Waals surface area contributed by atoms with Crippen LogP contribution in [0.15, 0.2) is 35.3 Å². The topological polar surface area (TPSA) is 30.2 Å². The van der Waals surface area contributed by atoms with Crippen LogP contribution in [-0.2, 0) is 6.67 Å². The molecule has 3 heteroatoms. The molecule has 3 nitrogen and oxygen atoms in total. The third-order valence-electron chi connectivity index (χ3n) is 2.34. The van der Waals surface area contributed by atoms with Gasteiger partial charge in [0.1, 0.15) is 12.5 Å². The van der Waals surface area contributed by atoms with E-state index in [2.05, 4.69) is 20.6 Å². The molecule has 1 aromatic carbocycles. The van der Waals surface area contributed by atoms with Gasteiger partial charge in [0, 0.05) is 6.21 Å². The fraction of sp³-hybridized carbons (Fsp3) is 0.0909. The number of allylic oxidation sites excluding steroid dienone is 1. The van der Waals surface area contributed by atoms with Gasteiger partial charge in [-0.3, -0.25) is 4.99 Å². The van der Waals surface area contributed by atoms with E-state index >= 15 is 0 Å². The van der Waals surface area contributed by atoms with Crippen molar-refractivity contribution in [3.05, 3.63) is 36.2 Å². The van der Waals surface area contributed by atoms with Crippen molar-refractivity contribution in [2.24, 2.45) is 4.99 Å². The van der Waals surface area contributed by atoms with Gasteiger partial charge in [-0.15, -0.1) is 0 Å². The quantitative estimate of drug-likeness (QED) is 0.615. The molecule has 1 aliphatic heterocycles. The number of para-hydroxylation sites is 2. The maximum Gasteiger partial charge on any atom is 0.135 e. The lowest BCUT2D eigenvalue weighted by Crippen LogP contribution is -1.96. The van der Waals surface area contributed by atoms with Crippen LogP contribution in [-0.4, -0.2) is 15.8 Å². The Bertz CT molecular complexity index is 534. The van der Waals surface area contributed by atoms with Crippen LogP contribution in [0.1, 0.15) is 5.82 Å². The van der Waals surface area contributed by atoms with Crippen LogP contribution in [0, 0.1) is 0 Å². The van der Waals surface area contributed by atoms with Gasteiger partial charge >= 0.3 is 0 Å². The van der Waals surface area contributed by atoms with Crippen LogP contribution < -0.4 is 0 Å². The number of hydrogen-bond acceptors (Lipinski definition) is 2. The molecule has 3 rings (SSSR count). The van der Waals surface area contributed by atoms with Crippen LogP contribution in [0.2, 0.25) is 0 Å². The second-order valence-electron chi connectivity index (χ2n) is 3.22. The SMILES string of the molecule is C1=Cc2nc3ccccc3n2CN=C1. The van der Waals surface area contributed by atoms with Crippen LogP contribution in [0.3, 0.4) is 0 Å². The van der Waals surface area contributed by atoms with E-state index in [1.165, 1.54) is 0 Å². The standard InChI is InChI=1S/C11H9N3/c1-2-5-10-9(4-1)13-11-6-3-7-12-8-14(10)11/h1-7H,8H2. The molecule has 68 valence electrons. The van der Waals surface area contributed by atoms with Crippen LogP contribution in [0.5, 0.6) is 0 Å². The maximum atomic E-state index is 4.51. The lowest BCUT2D eigenvalue weighted by atomic mass is 10.3. The number of hydrogen-bond donors (Lipinski definition) is 0. The first-order chi connectivity index (χ1) is 6.95. The maximum absolute atomic E-state index is 4.51. The van der Waals surface area contributed by atoms with E-state index < -0.39 is 0 Å². The Hall–Kier alpha value is -1.90. The third-order valence-corrected chi connectivity index (χ3v) is 2.34. The van der Waals surface area contributed by atoms with Crippen LogP contribution >= 0.6 is 0 Å². The molecule has 1 aromatic heterocycles. The van der Waals surface area contributed by atoms with Gasteiger partial charge in [-0.05, 0) is 24.3 Å². The zero-order valence-corrected chi connectivity index (χ0v) is 7.59. The third kappa shape index (κ3) is 0.988. The molecule has 14 heavy (non-hydrogen) atoms. The van der Waals surface area contributed by atoms with Gasteiger partial charge in [0.25, 0.3) is 0 Å². The molecule has 0 atom stereocenters. The van der Waals surface area contributed by atoms with Gasteiger partial charge in [0.15, 0.2) is 0 Å². The van der Waals surface area contributed by atoms with E-state index in [1.54, 1.807) is 0 Å². The largest absolute Gasteiger partial charge is 0.304 e. The van der Waals surface area contributed by atoms with Gasteiger partial charge in [-0.2, -0.15) is 0 Å². The summed E-state index contributed by atoms with van der Waals surface area (Å²) in [6.07, 6.45) is 5.71. The summed E-state index contributed by atoms with van der Waals surface area (Å²) in [5, 5.41) is 0. The number of benzene rings is 1. The van der Waals surface area contributed by atoms with Gasteiger partial charge in [0.05, 0.1) is 11.0 Å². The summed E-state index contributed by atoms with van der Waals surface area (Å²) >= 11 is 0. The van der Waals surface area contributed by atoms with Crippen molar-refractivity contribution in [1.82, 2.24) is 9.55 Å². The zero-order valence-electron chi connectivity index (χ0n) is 7.59. The number of aromatic nitrogens is 2. The summed E-state index contributed by atoms with van der Waals surface area (Å²) in [5.41, 5.74) is 2.18. The van der Waals surface area contributed by atoms with E-state index in [1.807, 2.05) is 36.6 Å². The number of nitrogens with zero attached hydrogens (tertiary/aromatic N) is 3. The average Bonchev–Trinajstić information content (AvgIpc) is 2.42. The lowest BCUT2D eigenvalue weighted by molar-refractivity contribution is 0.754. The Morgan fingerprint density at radius 3 is 3.14 bits per heavy atom. The fourth-order valence-corrected chi connectivity index (χ4v) is 1.69. The molecule has 0 saturated carbocycles. The lowest BCUT2D eigenvalue weighted by Gasteiger charge is -2.00. The molecule has 0 bridgehead atoms. The molecule has 0 aliphatic carbocycles. The normalized spacial score (nSPS) is 14.3. The highest BCUT2D eigenvalue weighted by molar-refractivity contribution is 5.82. The Balaban J connectivity index is 2.37. The van der Waals surface area contributed by atoms with Crippen molar-refractivity contribution in [3.8, 4) is 0 Å². The summed E-state index contributed by atoms with van der Waals surface area (Å²) in [7, 11) is 0. The smallest absolute Gasteiger partial charge is 0.135 e. The Labute approximate surface area is 81.4 Å². The summed E-state index contributed by atoms with van der Waals surface area (Å²) in [6, 6.07) is 8.12. The predicted octanol–water partition coefficient (Wildman–Crippen LogP) is 2.09. The molecule has 2 aromatic rings. The summed E-state index contributed by atoms with van der Waals surface area (Å²) < 4.78 is 2.11. The van der Waals surface area contributed by atoms with Gasteiger partial charge in [-0.1, -0.05) is 12.1 Å². The number of rotatable bonds is 0. The molecule has 0 saturated heterocycles. The molecule has 0 radical (unpaired) electrons. The van der Waals surface area contributed by atoms with Crippen molar-refractivity contribution in [3.63, 3.8) is 0 Å². The first-order valence-electron chi connectivity index (χ1n) is 4.57. The monoisotopic (exact) mass is 183 g/mol. The highest BCUT2D eigenvalue weighted by atomic mass is 15.1. The number of fused-ring (bicyclic) bond motifs is 3. The first-order valence-corrected chi connectivity index (χ1v) is 4.57. The number of imidazole rings is 1. The first kappa shape index (κ1) is 7.50. The fourth-order valence-electron chi connectivity index (χ4n) is 1.69. The van der Waals surface area contributed by atoms with E-state index in [9.17, 15) is 0 Å². The van der Waals surface area contributed by atoms with Crippen molar-refractivity contribution in [1.29, 1.82) is 0 Å². The van der Waals surface area contributed by atoms with E-state index in [-0.39, 0.29) is 0 Å². The van der Waals surface area contributed by atoms with E-state index in [4.69, 9.17) is 0 Å². The summed E-state index contributed by atoms with van der Waals surface area (Å²) in [4.78, 5) is 8.76. The molecule has 0 unspecified atom stereocenters. The van der Waals surface area contributed by atoms with Crippen LogP contribution in [0.25, 0.3) is 17.1 Å². The molecular formula is C11H9N3. The Morgan fingerprint density at radius 2 is 2.14 bits per heavy atom. The predicted molar refractivity (Wildman–Crippen MR) is 57.3 cm³/mol. The minimum Gasteiger partial charge on any atom is -0.304 e. The molecule has 0 N–H and O–H groups in total. The molecule has 1 aliphatic rings. The van der Waals surface area contributed by atoms with E-state index in [0.717, 1.165) is 16.9 Å². The second-order valence-corrected chi connectivity index (χ2v) is 3.22. The average molecular weight is 183 g/mol. The van der Waals surface area contributed by atoms with E-state index in [0.29, 0.717) is 6.67 Å². The van der Waals surface area contributed by atoms with Crippen molar-refractivity contribution < 1.29 is 0 Å². The highest BCUT2D eigenvalue weighted by Gasteiger charge is 2.07. The Morgan fingerprint density at radius 1 is 1.21 bits per heavy atom. The molecule has 0 fully saturated rings.